The van der Waals surface area contributed by atoms with Gasteiger partial charge in [-0.2, -0.15) is 12.6 Å². The van der Waals surface area contributed by atoms with Crippen molar-refractivity contribution in [2.24, 2.45) is 5.92 Å². The lowest BCUT2D eigenvalue weighted by Gasteiger charge is -2.32. The number of piperidine rings is 1. The molecular weight excluding hydrogens is 206 g/mol. The average molecular weight is 223 g/mol. The smallest absolute Gasteiger partial charge is 0.211 e. The molecule has 1 saturated heterocycles. The molecule has 0 N–H and O–H groups in total. The molecule has 1 unspecified atom stereocenters. The monoisotopic (exact) mass is 223 g/mol. The van der Waals surface area contributed by atoms with Gasteiger partial charge in [-0.25, -0.2) is 12.7 Å². The average Bonchev–Trinajstić information content (AvgIpc) is 2.03. The Kier molecular flexibility index (Phi) is 3.65. The van der Waals surface area contributed by atoms with Crippen molar-refractivity contribution in [1.29, 1.82) is 0 Å². The Labute approximate surface area is 86.0 Å². The van der Waals surface area contributed by atoms with Crippen LogP contribution in [-0.4, -0.2) is 37.3 Å². The Morgan fingerprint density at radius 3 is 2.62 bits per heavy atom. The van der Waals surface area contributed by atoms with Crippen molar-refractivity contribution < 1.29 is 8.42 Å². The maximum absolute atomic E-state index is 11.3. The highest BCUT2D eigenvalue weighted by molar-refractivity contribution is 7.88. The van der Waals surface area contributed by atoms with Crippen LogP contribution in [0.25, 0.3) is 0 Å². The fourth-order valence-electron chi connectivity index (χ4n) is 1.67. The van der Waals surface area contributed by atoms with Crippen LogP contribution in [0.3, 0.4) is 0 Å². The molecule has 1 fully saturated rings. The van der Waals surface area contributed by atoms with Gasteiger partial charge < -0.3 is 0 Å². The third-order valence-electron chi connectivity index (χ3n) is 2.57. The lowest BCUT2D eigenvalue weighted by molar-refractivity contribution is 0.268. The summed E-state index contributed by atoms with van der Waals surface area (Å²) in [6.45, 7) is 3.35. The van der Waals surface area contributed by atoms with Gasteiger partial charge in [-0.05, 0) is 18.8 Å². The summed E-state index contributed by atoms with van der Waals surface area (Å²) < 4.78 is 24.1. The third kappa shape index (κ3) is 3.14. The zero-order valence-electron chi connectivity index (χ0n) is 8.10. The Morgan fingerprint density at radius 1 is 1.54 bits per heavy atom. The molecule has 1 aliphatic rings. The summed E-state index contributed by atoms with van der Waals surface area (Å²) in [6, 6.07) is 0. The van der Waals surface area contributed by atoms with Crippen LogP contribution in [0.5, 0.6) is 0 Å². The Balaban J connectivity index is 2.62. The molecule has 0 amide bonds. The second-order valence-electron chi connectivity index (χ2n) is 3.76. The van der Waals surface area contributed by atoms with E-state index in [1.165, 1.54) is 6.26 Å². The van der Waals surface area contributed by atoms with Gasteiger partial charge in [-0.15, -0.1) is 0 Å². The summed E-state index contributed by atoms with van der Waals surface area (Å²) in [7, 11) is -2.99. The van der Waals surface area contributed by atoms with Gasteiger partial charge in [-0.3, -0.25) is 0 Å². The van der Waals surface area contributed by atoms with Crippen molar-refractivity contribution in [3.63, 3.8) is 0 Å². The SMILES string of the molecule is CC(S)[C@H]1CCCN(S(C)(=O)=O)C1. The Bertz CT molecular complexity index is 261. The third-order valence-corrected chi connectivity index (χ3v) is 4.26. The van der Waals surface area contributed by atoms with Gasteiger partial charge in [0.1, 0.15) is 0 Å². The summed E-state index contributed by atoms with van der Waals surface area (Å²) in [6.07, 6.45) is 3.33. The van der Waals surface area contributed by atoms with Crippen LogP contribution in [0, 0.1) is 5.92 Å². The minimum absolute atomic E-state index is 0.282. The van der Waals surface area contributed by atoms with E-state index < -0.39 is 10.0 Å². The maximum atomic E-state index is 11.3. The summed E-state index contributed by atoms with van der Waals surface area (Å²) in [5, 5.41) is 0.282. The van der Waals surface area contributed by atoms with E-state index in [-0.39, 0.29) is 5.25 Å². The number of sulfonamides is 1. The maximum Gasteiger partial charge on any atom is 0.211 e. The largest absolute Gasteiger partial charge is 0.213 e. The molecule has 78 valence electrons. The molecule has 0 aromatic carbocycles. The van der Waals surface area contributed by atoms with Gasteiger partial charge in [-0.1, -0.05) is 6.92 Å². The van der Waals surface area contributed by atoms with Crippen LogP contribution in [0.2, 0.25) is 0 Å². The molecule has 0 aliphatic carbocycles. The zero-order valence-corrected chi connectivity index (χ0v) is 9.81. The fourth-order valence-corrected chi connectivity index (χ4v) is 2.84. The van der Waals surface area contributed by atoms with Crippen LogP contribution < -0.4 is 0 Å². The normalized spacial score (nSPS) is 28.7. The van der Waals surface area contributed by atoms with Crippen molar-refractivity contribution in [1.82, 2.24) is 4.31 Å². The van der Waals surface area contributed by atoms with Crippen molar-refractivity contribution >= 4 is 22.7 Å². The van der Waals surface area contributed by atoms with E-state index in [0.717, 1.165) is 12.8 Å². The van der Waals surface area contributed by atoms with E-state index >= 15 is 0 Å². The number of rotatable bonds is 2. The summed E-state index contributed by atoms with van der Waals surface area (Å²) in [5.41, 5.74) is 0. The molecule has 0 radical (unpaired) electrons. The summed E-state index contributed by atoms with van der Waals surface area (Å²) in [5.74, 6) is 0.409. The molecule has 0 aromatic heterocycles. The van der Waals surface area contributed by atoms with Crippen LogP contribution in [0.15, 0.2) is 0 Å². The molecule has 1 rings (SSSR count). The molecule has 0 spiro atoms. The second kappa shape index (κ2) is 4.19. The highest BCUT2D eigenvalue weighted by Gasteiger charge is 2.27. The minimum Gasteiger partial charge on any atom is -0.213 e. The molecule has 1 heterocycles. The quantitative estimate of drug-likeness (QED) is 0.709. The summed E-state index contributed by atoms with van der Waals surface area (Å²) >= 11 is 4.36. The van der Waals surface area contributed by atoms with Gasteiger partial charge in [0.25, 0.3) is 0 Å². The van der Waals surface area contributed by atoms with Gasteiger partial charge in [0.05, 0.1) is 6.26 Å². The first-order chi connectivity index (χ1) is 5.91. The van der Waals surface area contributed by atoms with Crippen LogP contribution in [-0.2, 0) is 10.0 Å². The highest BCUT2D eigenvalue weighted by atomic mass is 32.2. The minimum atomic E-state index is -2.99. The molecule has 13 heavy (non-hydrogen) atoms. The first-order valence-electron chi connectivity index (χ1n) is 4.54. The number of thiol groups is 1. The van der Waals surface area contributed by atoms with E-state index in [2.05, 4.69) is 12.6 Å². The van der Waals surface area contributed by atoms with E-state index in [0.29, 0.717) is 19.0 Å². The Hall–Kier alpha value is 0.260. The predicted octanol–water partition coefficient (Wildman–Crippen LogP) is 0.976. The Morgan fingerprint density at radius 2 is 2.15 bits per heavy atom. The summed E-state index contributed by atoms with van der Waals surface area (Å²) in [4.78, 5) is 0. The molecule has 2 atom stereocenters. The van der Waals surface area contributed by atoms with E-state index in [9.17, 15) is 8.42 Å². The van der Waals surface area contributed by atoms with Gasteiger partial charge in [0.2, 0.25) is 10.0 Å². The van der Waals surface area contributed by atoms with E-state index in [1.54, 1.807) is 4.31 Å². The predicted molar refractivity (Wildman–Crippen MR) is 57.6 cm³/mol. The molecule has 0 saturated carbocycles. The second-order valence-corrected chi connectivity index (χ2v) is 6.56. The van der Waals surface area contributed by atoms with Crippen LogP contribution in [0.1, 0.15) is 19.8 Å². The number of hydrogen-bond acceptors (Lipinski definition) is 3. The highest BCUT2D eigenvalue weighted by Crippen LogP contribution is 2.23. The molecule has 0 aromatic rings. The lowest BCUT2D eigenvalue weighted by Crippen LogP contribution is -2.41. The van der Waals surface area contributed by atoms with Gasteiger partial charge in [0.15, 0.2) is 0 Å². The molecule has 5 heteroatoms. The first kappa shape index (κ1) is 11.3. The van der Waals surface area contributed by atoms with E-state index in [1.807, 2.05) is 6.92 Å². The molecule has 1 aliphatic heterocycles. The van der Waals surface area contributed by atoms with Crippen LogP contribution >= 0.6 is 12.6 Å². The van der Waals surface area contributed by atoms with E-state index in [4.69, 9.17) is 0 Å². The van der Waals surface area contributed by atoms with Crippen molar-refractivity contribution in [2.75, 3.05) is 19.3 Å². The zero-order chi connectivity index (χ0) is 10.1. The number of hydrogen-bond donors (Lipinski definition) is 1. The van der Waals surface area contributed by atoms with Crippen LogP contribution in [0.4, 0.5) is 0 Å². The fraction of sp³-hybridized carbons (Fsp3) is 1.00. The molecular formula is C8H17NO2S2. The van der Waals surface area contributed by atoms with Gasteiger partial charge >= 0.3 is 0 Å². The van der Waals surface area contributed by atoms with Crippen molar-refractivity contribution in [3.05, 3.63) is 0 Å². The molecule has 3 nitrogen and oxygen atoms in total. The molecule has 0 bridgehead atoms. The van der Waals surface area contributed by atoms with Crippen molar-refractivity contribution in [3.8, 4) is 0 Å². The van der Waals surface area contributed by atoms with Crippen molar-refractivity contribution in [2.45, 2.75) is 25.0 Å². The first-order valence-corrected chi connectivity index (χ1v) is 6.91. The topological polar surface area (TPSA) is 37.4 Å². The lowest BCUT2D eigenvalue weighted by atomic mass is 9.97. The standard InChI is InChI=1S/C8H17NO2S2/c1-7(12)8-4-3-5-9(6-8)13(2,10)11/h7-8,12H,3-6H2,1-2H3/t7?,8-/m0/s1. The van der Waals surface area contributed by atoms with Gasteiger partial charge in [0, 0.05) is 18.3 Å². The number of nitrogens with zero attached hydrogens (tertiary/aromatic N) is 1.